The number of ether oxygens (including phenoxy) is 1. The summed E-state index contributed by atoms with van der Waals surface area (Å²) in [6.07, 6.45) is 0. The summed E-state index contributed by atoms with van der Waals surface area (Å²) in [6, 6.07) is 15.3. The Morgan fingerprint density at radius 2 is 1.90 bits per heavy atom. The summed E-state index contributed by atoms with van der Waals surface area (Å²) in [5.74, 6) is 0.573. The van der Waals surface area contributed by atoms with Crippen molar-refractivity contribution in [3.05, 3.63) is 58.7 Å². The van der Waals surface area contributed by atoms with Crippen molar-refractivity contribution in [2.45, 2.75) is 13.5 Å². The maximum Gasteiger partial charge on any atom is 0.136 e. The van der Waals surface area contributed by atoms with Crippen molar-refractivity contribution in [1.29, 1.82) is 10.5 Å². The van der Waals surface area contributed by atoms with Crippen molar-refractivity contribution in [2.75, 3.05) is 12.4 Å². The summed E-state index contributed by atoms with van der Waals surface area (Å²) in [5.41, 5.74) is 4.11. The minimum absolute atomic E-state index is 0.513. The molecule has 0 aliphatic rings. The van der Waals surface area contributed by atoms with Gasteiger partial charge in [-0.1, -0.05) is 12.1 Å². The molecule has 0 aliphatic heterocycles. The zero-order valence-electron chi connectivity index (χ0n) is 12.0. The minimum atomic E-state index is 0.513. The maximum atomic E-state index is 9.09. The molecular weight excluding hydrogens is 262 g/mol. The molecule has 4 nitrogen and oxygen atoms in total. The van der Waals surface area contributed by atoms with Crippen LogP contribution in [0.25, 0.3) is 0 Å². The van der Waals surface area contributed by atoms with Gasteiger partial charge in [0.25, 0.3) is 0 Å². The Labute approximate surface area is 124 Å². The molecule has 0 atom stereocenters. The van der Waals surface area contributed by atoms with Crippen LogP contribution in [0.3, 0.4) is 0 Å². The summed E-state index contributed by atoms with van der Waals surface area (Å²) < 4.78 is 5.12. The van der Waals surface area contributed by atoms with Gasteiger partial charge >= 0.3 is 0 Å². The SMILES string of the molecule is COc1ccc(CNc2cc(C#N)ccc2C)cc1C#N. The van der Waals surface area contributed by atoms with Gasteiger partial charge in [-0.05, 0) is 42.3 Å². The predicted molar refractivity (Wildman–Crippen MR) is 80.9 cm³/mol. The lowest BCUT2D eigenvalue weighted by Gasteiger charge is -2.11. The van der Waals surface area contributed by atoms with E-state index in [0.717, 1.165) is 16.8 Å². The summed E-state index contributed by atoms with van der Waals surface area (Å²) in [4.78, 5) is 0. The lowest BCUT2D eigenvalue weighted by Crippen LogP contribution is -2.02. The number of nitrogens with one attached hydrogen (secondary N) is 1. The number of nitrogens with zero attached hydrogens (tertiary/aromatic N) is 2. The third kappa shape index (κ3) is 3.32. The Kier molecular flexibility index (Phi) is 4.43. The molecule has 0 heterocycles. The second kappa shape index (κ2) is 6.45. The molecule has 0 saturated carbocycles. The van der Waals surface area contributed by atoms with Crippen molar-refractivity contribution in [3.8, 4) is 17.9 Å². The Hall–Kier alpha value is -2.98. The molecule has 0 saturated heterocycles. The molecule has 0 amide bonds. The molecule has 0 spiro atoms. The fourth-order valence-electron chi connectivity index (χ4n) is 2.03. The van der Waals surface area contributed by atoms with E-state index < -0.39 is 0 Å². The summed E-state index contributed by atoms with van der Waals surface area (Å²) in [5, 5.41) is 21.3. The molecule has 4 heteroatoms. The molecule has 0 unspecified atom stereocenters. The van der Waals surface area contributed by atoms with Gasteiger partial charge in [0.2, 0.25) is 0 Å². The smallest absolute Gasteiger partial charge is 0.136 e. The van der Waals surface area contributed by atoms with Crippen LogP contribution in [-0.2, 0) is 6.54 Å². The third-order valence-electron chi connectivity index (χ3n) is 3.23. The molecule has 0 aliphatic carbocycles. The summed E-state index contributed by atoms with van der Waals surface area (Å²) in [6.45, 7) is 2.56. The van der Waals surface area contributed by atoms with E-state index in [-0.39, 0.29) is 0 Å². The van der Waals surface area contributed by atoms with Crippen molar-refractivity contribution in [2.24, 2.45) is 0 Å². The van der Waals surface area contributed by atoms with E-state index in [1.165, 1.54) is 0 Å². The number of benzene rings is 2. The van der Waals surface area contributed by atoms with Gasteiger partial charge in [-0.2, -0.15) is 10.5 Å². The van der Waals surface area contributed by atoms with E-state index in [1.807, 2.05) is 25.1 Å². The second-order valence-electron chi connectivity index (χ2n) is 4.64. The van der Waals surface area contributed by atoms with Crippen LogP contribution in [0, 0.1) is 29.6 Å². The Balaban J connectivity index is 2.17. The van der Waals surface area contributed by atoms with Gasteiger partial charge in [-0.25, -0.2) is 0 Å². The first-order valence-electron chi connectivity index (χ1n) is 6.49. The molecule has 104 valence electrons. The van der Waals surface area contributed by atoms with E-state index in [1.54, 1.807) is 25.3 Å². The molecule has 2 aromatic carbocycles. The Morgan fingerprint density at radius 1 is 1.10 bits per heavy atom. The quantitative estimate of drug-likeness (QED) is 0.930. The minimum Gasteiger partial charge on any atom is -0.495 e. The highest BCUT2D eigenvalue weighted by molar-refractivity contribution is 5.55. The van der Waals surface area contributed by atoms with Gasteiger partial charge in [0, 0.05) is 12.2 Å². The highest BCUT2D eigenvalue weighted by Crippen LogP contribution is 2.21. The fraction of sp³-hybridized carbons (Fsp3) is 0.176. The molecule has 1 N–H and O–H groups in total. The van der Waals surface area contributed by atoms with Gasteiger partial charge in [-0.3, -0.25) is 0 Å². The van der Waals surface area contributed by atoms with Crippen LogP contribution in [0.4, 0.5) is 5.69 Å². The Bertz CT molecular complexity index is 739. The average molecular weight is 277 g/mol. The van der Waals surface area contributed by atoms with Crippen molar-refractivity contribution in [3.63, 3.8) is 0 Å². The van der Waals surface area contributed by atoms with Crippen LogP contribution in [0.5, 0.6) is 5.75 Å². The van der Waals surface area contributed by atoms with Crippen LogP contribution in [0.1, 0.15) is 22.3 Å². The van der Waals surface area contributed by atoms with Gasteiger partial charge < -0.3 is 10.1 Å². The number of nitriles is 2. The molecule has 2 aromatic rings. The monoisotopic (exact) mass is 277 g/mol. The van der Waals surface area contributed by atoms with Crippen LogP contribution in [-0.4, -0.2) is 7.11 Å². The molecular formula is C17H15N3O. The van der Waals surface area contributed by atoms with E-state index in [2.05, 4.69) is 17.5 Å². The topological polar surface area (TPSA) is 68.8 Å². The van der Waals surface area contributed by atoms with Crippen molar-refractivity contribution in [1.82, 2.24) is 0 Å². The lowest BCUT2D eigenvalue weighted by atomic mass is 10.1. The zero-order valence-corrected chi connectivity index (χ0v) is 12.0. The summed E-state index contributed by atoms with van der Waals surface area (Å²) >= 11 is 0. The average Bonchev–Trinajstić information content (AvgIpc) is 2.53. The second-order valence-corrected chi connectivity index (χ2v) is 4.64. The first kappa shape index (κ1) is 14.4. The van der Waals surface area contributed by atoms with Gasteiger partial charge in [0.15, 0.2) is 0 Å². The lowest BCUT2D eigenvalue weighted by molar-refractivity contribution is 0.413. The highest BCUT2D eigenvalue weighted by Gasteiger charge is 2.05. The highest BCUT2D eigenvalue weighted by atomic mass is 16.5. The first-order chi connectivity index (χ1) is 10.2. The van der Waals surface area contributed by atoms with Crippen molar-refractivity contribution >= 4 is 5.69 Å². The number of anilines is 1. The molecule has 0 radical (unpaired) electrons. The first-order valence-corrected chi connectivity index (χ1v) is 6.49. The van der Waals surface area contributed by atoms with E-state index in [0.29, 0.717) is 23.4 Å². The third-order valence-corrected chi connectivity index (χ3v) is 3.23. The molecule has 0 bridgehead atoms. The van der Waals surface area contributed by atoms with Crippen LogP contribution < -0.4 is 10.1 Å². The normalized spacial score (nSPS) is 9.52. The molecule has 0 fully saturated rings. The van der Waals surface area contributed by atoms with E-state index >= 15 is 0 Å². The number of aryl methyl sites for hydroxylation is 1. The van der Waals surface area contributed by atoms with E-state index in [9.17, 15) is 0 Å². The number of rotatable bonds is 4. The zero-order chi connectivity index (χ0) is 15.2. The van der Waals surface area contributed by atoms with Crippen LogP contribution in [0.15, 0.2) is 36.4 Å². The summed E-state index contributed by atoms with van der Waals surface area (Å²) in [7, 11) is 1.55. The Morgan fingerprint density at radius 3 is 2.57 bits per heavy atom. The molecule has 0 aromatic heterocycles. The number of methoxy groups -OCH3 is 1. The van der Waals surface area contributed by atoms with E-state index in [4.69, 9.17) is 15.3 Å². The van der Waals surface area contributed by atoms with Crippen LogP contribution >= 0.6 is 0 Å². The molecule has 21 heavy (non-hydrogen) atoms. The standard InChI is InChI=1S/C17H15N3O/c1-12-3-4-13(9-18)8-16(12)20-11-14-5-6-17(21-2)15(7-14)10-19/h3-8,20H,11H2,1-2H3. The molecule has 2 rings (SSSR count). The fourth-order valence-corrected chi connectivity index (χ4v) is 2.03. The number of hydrogen-bond donors (Lipinski definition) is 1. The van der Waals surface area contributed by atoms with Crippen molar-refractivity contribution < 1.29 is 4.74 Å². The van der Waals surface area contributed by atoms with Gasteiger partial charge in [0.05, 0.1) is 24.3 Å². The number of hydrogen-bond acceptors (Lipinski definition) is 4. The maximum absolute atomic E-state index is 9.09. The predicted octanol–water partition coefficient (Wildman–Crippen LogP) is 3.36. The van der Waals surface area contributed by atoms with Crippen LogP contribution in [0.2, 0.25) is 0 Å². The van der Waals surface area contributed by atoms with Gasteiger partial charge in [-0.15, -0.1) is 0 Å². The largest absolute Gasteiger partial charge is 0.495 e. The van der Waals surface area contributed by atoms with Gasteiger partial charge in [0.1, 0.15) is 11.8 Å².